The summed E-state index contributed by atoms with van der Waals surface area (Å²) in [4.78, 5) is 0. The minimum Gasteiger partial charge on any atom is -0.0876 e. The van der Waals surface area contributed by atoms with Crippen LogP contribution in [0.2, 0.25) is 0 Å². The lowest BCUT2D eigenvalue weighted by Crippen LogP contribution is -1.89. The molecule has 2 fully saturated rings. The molecule has 2 aliphatic carbocycles. The summed E-state index contributed by atoms with van der Waals surface area (Å²) in [5, 5.41) is 0. The fraction of sp³-hybridized carbons (Fsp3) is 0.667. The Labute approximate surface area is 57.0 Å². The molecule has 0 amide bonds. The largest absolute Gasteiger partial charge is 0.0876 e. The molecule has 0 atom stereocenters. The molecular formula is C9H13. The van der Waals surface area contributed by atoms with Crippen LogP contribution in [0.5, 0.6) is 0 Å². The van der Waals surface area contributed by atoms with Crippen LogP contribution < -0.4 is 0 Å². The Bertz CT molecular complexity index is 122. The van der Waals surface area contributed by atoms with Gasteiger partial charge < -0.3 is 0 Å². The van der Waals surface area contributed by atoms with Gasteiger partial charge in [-0.15, -0.1) is 0 Å². The van der Waals surface area contributed by atoms with Crippen molar-refractivity contribution in [2.45, 2.75) is 32.6 Å². The Morgan fingerprint density at radius 3 is 2.22 bits per heavy atom. The first-order valence-corrected chi connectivity index (χ1v) is 3.93. The molecule has 0 aromatic carbocycles. The zero-order valence-electron chi connectivity index (χ0n) is 5.98. The molecule has 9 heavy (non-hydrogen) atoms. The second-order valence-corrected chi connectivity index (χ2v) is 3.12. The average Bonchev–Trinajstić information content (AvgIpc) is 2.44. The van der Waals surface area contributed by atoms with Crippen molar-refractivity contribution < 1.29 is 0 Å². The quantitative estimate of drug-likeness (QED) is 0.462. The van der Waals surface area contributed by atoms with E-state index in [1.54, 1.807) is 11.5 Å². The van der Waals surface area contributed by atoms with Crippen LogP contribution in [0, 0.1) is 11.8 Å². The normalized spacial score (nSPS) is 32.8. The van der Waals surface area contributed by atoms with Crippen molar-refractivity contribution >= 4 is 0 Å². The van der Waals surface area contributed by atoms with Gasteiger partial charge in [-0.05, 0) is 38.5 Å². The number of allylic oxidation sites excluding steroid dienone is 2. The lowest BCUT2D eigenvalue weighted by molar-refractivity contribution is 0.552. The van der Waals surface area contributed by atoms with Crippen LogP contribution >= 0.6 is 0 Å². The maximum absolute atomic E-state index is 2.32. The molecule has 2 bridgehead atoms. The molecule has 0 N–H and O–H groups in total. The van der Waals surface area contributed by atoms with E-state index in [0.717, 1.165) is 5.92 Å². The van der Waals surface area contributed by atoms with E-state index in [1.807, 2.05) is 0 Å². The van der Waals surface area contributed by atoms with Gasteiger partial charge in [-0.1, -0.05) is 11.6 Å². The van der Waals surface area contributed by atoms with Crippen LogP contribution in [0.15, 0.2) is 11.6 Å². The van der Waals surface area contributed by atoms with Crippen molar-refractivity contribution in [2.24, 2.45) is 5.92 Å². The van der Waals surface area contributed by atoms with Crippen molar-refractivity contribution in [3.8, 4) is 0 Å². The van der Waals surface area contributed by atoms with Crippen molar-refractivity contribution in [3.05, 3.63) is 17.6 Å². The molecular weight excluding hydrogens is 108 g/mol. The standard InChI is InChI=1S/C9H13/c1-2-9-7-3-4-8(9)6-5-7/h2,7H,3-6H2,1H3. The molecule has 2 rings (SSSR count). The van der Waals surface area contributed by atoms with Gasteiger partial charge in [0, 0.05) is 5.92 Å². The Hall–Kier alpha value is -0.260. The van der Waals surface area contributed by atoms with E-state index in [2.05, 4.69) is 13.0 Å². The topological polar surface area (TPSA) is 0 Å². The summed E-state index contributed by atoms with van der Waals surface area (Å²) in [6.07, 6.45) is 8.04. The molecule has 0 unspecified atom stereocenters. The molecule has 0 saturated heterocycles. The van der Waals surface area contributed by atoms with Crippen molar-refractivity contribution in [1.82, 2.24) is 0 Å². The molecule has 0 nitrogen and oxygen atoms in total. The highest BCUT2D eigenvalue weighted by Crippen LogP contribution is 2.50. The summed E-state index contributed by atoms with van der Waals surface area (Å²) in [7, 11) is 0. The van der Waals surface area contributed by atoms with E-state index >= 15 is 0 Å². The Balaban J connectivity index is 2.26. The monoisotopic (exact) mass is 121 g/mol. The third-order valence-electron chi connectivity index (χ3n) is 2.75. The van der Waals surface area contributed by atoms with Gasteiger partial charge in [0.25, 0.3) is 0 Å². The van der Waals surface area contributed by atoms with Crippen LogP contribution in [0.25, 0.3) is 0 Å². The highest BCUT2D eigenvalue weighted by molar-refractivity contribution is 5.35. The van der Waals surface area contributed by atoms with Gasteiger partial charge in [0.15, 0.2) is 0 Å². The fourth-order valence-corrected chi connectivity index (χ4v) is 2.29. The molecule has 0 spiro atoms. The lowest BCUT2D eigenvalue weighted by Gasteiger charge is -2.03. The van der Waals surface area contributed by atoms with Gasteiger partial charge in [0.1, 0.15) is 0 Å². The van der Waals surface area contributed by atoms with E-state index in [0.29, 0.717) is 0 Å². The molecule has 1 radical (unpaired) electrons. The van der Waals surface area contributed by atoms with E-state index in [9.17, 15) is 0 Å². The number of hydrogen-bond donors (Lipinski definition) is 0. The van der Waals surface area contributed by atoms with Crippen molar-refractivity contribution in [1.29, 1.82) is 0 Å². The average molecular weight is 121 g/mol. The smallest absolute Gasteiger partial charge is 0.000865 e. The van der Waals surface area contributed by atoms with Gasteiger partial charge in [-0.3, -0.25) is 0 Å². The molecule has 0 aromatic heterocycles. The summed E-state index contributed by atoms with van der Waals surface area (Å²) in [6.45, 7) is 2.18. The summed E-state index contributed by atoms with van der Waals surface area (Å²) >= 11 is 0. The number of fused-ring (bicyclic) bond motifs is 2. The second kappa shape index (κ2) is 1.86. The van der Waals surface area contributed by atoms with E-state index in [4.69, 9.17) is 0 Å². The Kier molecular flexibility index (Phi) is 1.14. The van der Waals surface area contributed by atoms with Gasteiger partial charge >= 0.3 is 0 Å². The van der Waals surface area contributed by atoms with Gasteiger partial charge in [-0.2, -0.15) is 0 Å². The van der Waals surface area contributed by atoms with Crippen LogP contribution in [-0.2, 0) is 0 Å². The molecule has 0 aliphatic heterocycles. The SMILES string of the molecule is CC=C1[C]2CCC1CC2. The second-order valence-electron chi connectivity index (χ2n) is 3.12. The summed E-state index contributed by atoms with van der Waals surface area (Å²) in [5.74, 6) is 2.74. The van der Waals surface area contributed by atoms with E-state index in [-0.39, 0.29) is 0 Å². The fourth-order valence-electron chi connectivity index (χ4n) is 2.29. The first kappa shape index (κ1) is 5.52. The Morgan fingerprint density at radius 1 is 1.33 bits per heavy atom. The van der Waals surface area contributed by atoms with E-state index in [1.165, 1.54) is 25.7 Å². The molecule has 0 heterocycles. The summed E-state index contributed by atoms with van der Waals surface area (Å²) in [5.41, 5.74) is 1.70. The number of hydrogen-bond acceptors (Lipinski definition) is 0. The summed E-state index contributed by atoms with van der Waals surface area (Å²) < 4.78 is 0. The zero-order chi connectivity index (χ0) is 6.27. The lowest BCUT2D eigenvalue weighted by atomic mass is 10.0. The molecule has 0 aromatic rings. The predicted octanol–water partition coefficient (Wildman–Crippen LogP) is 2.71. The molecule has 2 aliphatic rings. The van der Waals surface area contributed by atoms with Crippen molar-refractivity contribution in [3.63, 3.8) is 0 Å². The van der Waals surface area contributed by atoms with E-state index < -0.39 is 0 Å². The van der Waals surface area contributed by atoms with Gasteiger partial charge in [0.05, 0.1) is 0 Å². The predicted molar refractivity (Wildman–Crippen MR) is 39.0 cm³/mol. The number of rotatable bonds is 0. The molecule has 2 saturated carbocycles. The van der Waals surface area contributed by atoms with Gasteiger partial charge in [0.2, 0.25) is 0 Å². The maximum Gasteiger partial charge on any atom is 0.000865 e. The first-order valence-electron chi connectivity index (χ1n) is 3.93. The Morgan fingerprint density at radius 2 is 2.00 bits per heavy atom. The van der Waals surface area contributed by atoms with Gasteiger partial charge in [-0.25, -0.2) is 0 Å². The summed E-state index contributed by atoms with van der Waals surface area (Å²) in [6, 6.07) is 0. The first-order chi connectivity index (χ1) is 4.42. The molecule has 0 heteroatoms. The highest BCUT2D eigenvalue weighted by Gasteiger charge is 2.35. The van der Waals surface area contributed by atoms with Crippen LogP contribution in [0.3, 0.4) is 0 Å². The third-order valence-corrected chi connectivity index (χ3v) is 2.75. The van der Waals surface area contributed by atoms with Crippen LogP contribution in [-0.4, -0.2) is 0 Å². The van der Waals surface area contributed by atoms with Crippen LogP contribution in [0.1, 0.15) is 32.6 Å². The van der Waals surface area contributed by atoms with Crippen LogP contribution in [0.4, 0.5) is 0 Å². The minimum absolute atomic E-state index is 0.977. The maximum atomic E-state index is 2.32. The minimum atomic E-state index is 0.977. The van der Waals surface area contributed by atoms with Crippen molar-refractivity contribution in [2.75, 3.05) is 0 Å². The molecule has 49 valence electrons. The highest BCUT2D eigenvalue weighted by atomic mass is 14.4. The zero-order valence-corrected chi connectivity index (χ0v) is 5.98. The third kappa shape index (κ3) is 0.654.